The first-order valence-corrected chi connectivity index (χ1v) is 14.0. The van der Waals surface area contributed by atoms with Gasteiger partial charge in [-0.25, -0.2) is 0 Å². The third-order valence-electron chi connectivity index (χ3n) is 7.83. The molecule has 0 fully saturated rings. The van der Waals surface area contributed by atoms with Crippen LogP contribution in [0.15, 0.2) is 18.2 Å². The molecule has 1 nitrogen and oxygen atoms in total. The van der Waals surface area contributed by atoms with Crippen LogP contribution in [0.2, 0.25) is 0 Å². The predicted molar refractivity (Wildman–Crippen MR) is 122 cm³/mol. The highest BCUT2D eigenvalue weighted by Gasteiger charge is 2.96. The van der Waals surface area contributed by atoms with E-state index < -0.39 is 132 Å². The molecular formula is C25H11F34N. The summed E-state index contributed by atoms with van der Waals surface area (Å²) in [6, 6.07) is 0.403. The Morgan fingerprint density at radius 2 is 0.450 bits per heavy atom. The largest absolute Gasteiger partial charge is 0.460 e. The first-order valence-electron chi connectivity index (χ1n) is 14.0. The van der Waals surface area contributed by atoms with E-state index in [9.17, 15) is 149 Å². The van der Waals surface area contributed by atoms with Gasteiger partial charge in [-0.3, -0.25) is 4.98 Å². The number of halogens is 34. The molecule has 0 spiro atoms. The fourth-order valence-electron chi connectivity index (χ4n) is 4.08. The minimum atomic E-state index is -9.00. The molecule has 1 heterocycles. The minimum Gasteiger partial charge on any atom is -0.258 e. The molecule has 354 valence electrons. The van der Waals surface area contributed by atoms with E-state index in [1.165, 1.54) is 0 Å². The Morgan fingerprint density at radius 1 is 0.267 bits per heavy atom. The third-order valence-corrected chi connectivity index (χ3v) is 7.83. The zero-order valence-electron chi connectivity index (χ0n) is 26.9. The number of aryl methyl sites for hydroxylation is 2. The van der Waals surface area contributed by atoms with Gasteiger partial charge in [0.05, 0.1) is 0 Å². The van der Waals surface area contributed by atoms with Crippen LogP contribution in [0.5, 0.6) is 0 Å². The van der Waals surface area contributed by atoms with Gasteiger partial charge in [0.15, 0.2) is 0 Å². The van der Waals surface area contributed by atoms with E-state index in [0.29, 0.717) is 0 Å². The average Bonchev–Trinajstić information content (AvgIpc) is 3.04. The van der Waals surface area contributed by atoms with Crippen LogP contribution in [0.25, 0.3) is 0 Å². The number of rotatable bonds is 18. The fraction of sp³-hybridized carbons (Fsp3) is 0.800. The minimum absolute atomic E-state index is 0.110. The Kier molecular flexibility index (Phi) is 13.4. The second-order valence-electron chi connectivity index (χ2n) is 11.9. The molecule has 0 aliphatic carbocycles. The number of pyridine rings is 1. The summed E-state index contributed by atoms with van der Waals surface area (Å²) in [7, 11) is 0. The van der Waals surface area contributed by atoms with Gasteiger partial charge >= 0.3 is 95.3 Å². The lowest BCUT2D eigenvalue weighted by molar-refractivity contribution is -0.461. The highest BCUT2D eigenvalue weighted by molar-refractivity contribution is 5.18. The average molecular weight is 971 g/mol. The van der Waals surface area contributed by atoms with Gasteiger partial charge in [0.1, 0.15) is 0 Å². The molecular weight excluding hydrogens is 960 g/mol. The van der Waals surface area contributed by atoms with Crippen molar-refractivity contribution >= 4 is 0 Å². The molecule has 60 heavy (non-hydrogen) atoms. The molecule has 0 aliphatic rings. The molecule has 0 saturated heterocycles. The Bertz CT molecular complexity index is 1540. The molecule has 0 aromatic carbocycles. The smallest absolute Gasteiger partial charge is 0.258 e. The molecule has 0 N–H and O–H groups in total. The van der Waals surface area contributed by atoms with Crippen molar-refractivity contribution in [2.24, 2.45) is 0 Å². The van der Waals surface area contributed by atoms with Crippen molar-refractivity contribution in [1.82, 2.24) is 4.98 Å². The van der Waals surface area contributed by atoms with Gasteiger partial charge in [-0.1, -0.05) is 6.07 Å². The second-order valence-corrected chi connectivity index (χ2v) is 11.9. The number of alkyl halides is 34. The second kappa shape index (κ2) is 14.7. The summed E-state index contributed by atoms with van der Waals surface area (Å²) in [5.41, 5.74) is -3.08. The van der Waals surface area contributed by atoms with Crippen molar-refractivity contribution in [3.63, 3.8) is 0 Å². The van der Waals surface area contributed by atoms with Crippen molar-refractivity contribution in [3.8, 4) is 0 Å². The molecule has 0 bridgehead atoms. The summed E-state index contributed by atoms with van der Waals surface area (Å²) in [6.07, 6.45) is -27.1. The Labute approximate surface area is 306 Å². The van der Waals surface area contributed by atoms with Crippen LogP contribution in [0.4, 0.5) is 149 Å². The van der Waals surface area contributed by atoms with Crippen LogP contribution < -0.4 is 0 Å². The van der Waals surface area contributed by atoms with E-state index in [-0.39, 0.29) is 18.2 Å². The maximum atomic E-state index is 14.2. The van der Waals surface area contributed by atoms with Crippen LogP contribution in [0.3, 0.4) is 0 Å². The van der Waals surface area contributed by atoms with E-state index in [0.717, 1.165) is 0 Å². The maximum Gasteiger partial charge on any atom is 0.460 e. The third kappa shape index (κ3) is 7.56. The SMILES string of the molecule is FC(F)(F)C(F)(F)C(F)(F)C(F)(F)C(F)(F)C(F)(F)C(F)(F)C(F)(F)CCc1cccc(CCC(F)(F)C(F)(F)C(F)(F)C(F)(F)C(F)(F)C(F)(F)C(F)(F)C(F)(F)F)n1. The van der Waals surface area contributed by atoms with Gasteiger partial charge in [0.25, 0.3) is 0 Å². The fourth-order valence-corrected chi connectivity index (χ4v) is 4.08. The van der Waals surface area contributed by atoms with Crippen LogP contribution in [-0.4, -0.2) is 100 Å². The molecule has 0 amide bonds. The van der Waals surface area contributed by atoms with Gasteiger partial charge in [-0.2, -0.15) is 149 Å². The highest BCUT2D eigenvalue weighted by atomic mass is 19.4. The molecule has 0 aliphatic heterocycles. The topological polar surface area (TPSA) is 12.9 Å². The normalized spacial score (nSPS) is 16.4. The van der Waals surface area contributed by atoms with Gasteiger partial charge in [-0.05, 0) is 25.0 Å². The van der Waals surface area contributed by atoms with Crippen molar-refractivity contribution in [2.45, 2.75) is 121 Å². The van der Waals surface area contributed by atoms with E-state index in [1.54, 1.807) is 0 Å². The van der Waals surface area contributed by atoms with Crippen LogP contribution in [0.1, 0.15) is 24.2 Å². The summed E-state index contributed by atoms with van der Waals surface area (Å²) < 4.78 is 456. The van der Waals surface area contributed by atoms with Crippen molar-refractivity contribution in [3.05, 3.63) is 29.6 Å². The number of nitrogens with zero attached hydrogens (tertiary/aromatic N) is 1. The number of hydrogen-bond acceptors (Lipinski definition) is 1. The molecule has 1 aromatic heterocycles. The monoisotopic (exact) mass is 971 g/mol. The lowest BCUT2D eigenvalue weighted by Gasteiger charge is -2.42. The van der Waals surface area contributed by atoms with Crippen molar-refractivity contribution in [2.75, 3.05) is 0 Å². The molecule has 0 atom stereocenters. The zero-order chi connectivity index (χ0) is 48.8. The summed E-state index contributed by atoms with van der Waals surface area (Å²) >= 11 is 0. The molecule has 0 unspecified atom stereocenters. The van der Waals surface area contributed by atoms with Crippen LogP contribution >= 0.6 is 0 Å². The summed E-state index contributed by atoms with van der Waals surface area (Å²) in [6.45, 7) is 0. The molecule has 0 saturated carbocycles. The zero-order valence-corrected chi connectivity index (χ0v) is 26.9. The standard InChI is InChI=1S/C25H11F34N/c26-10(27,12(30,31)14(34,35)16(38,39)18(42,43)20(46,47)22(50,51)24(54,55)56)6-4-8-2-1-3-9(60-8)5-7-11(28,29)13(32,33)15(36,37)17(40,41)19(44,45)21(48,49)23(52,53)25(57,58)59/h1-3H,4-7H2. The molecule has 35 heteroatoms. The van der Waals surface area contributed by atoms with Gasteiger partial charge < -0.3 is 0 Å². The number of hydrogen-bond donors (Lipinski definition) is 0. The highest BCUT2D eigenvalue weighted by Crippen LogP contribution is 2.66. The first kappa shape index (κ1) is 54.8. The lowest BCUT2D eigenvalue weighted by Crippen LogP contribution is -2.74. The van der Waals surface area contributed by atoms with Crippen LogP contribution in [0, 0.1) is 0 Å². The predicted octanol–water partition coefficient (Wildman–Crippen LogP) is 13.0. The first-order chi connectivity index (χ1) is 25.7. The van der Waals surface area contributed by atoms with Gasteiger partial charge in [0.2, 0.25) is 0 Å². The van der Waals surface area contributed by atoms with Gasteiger partial charge in [-0.15, -0.1) is 0 Å². The summed E-state index contributed by atoms with van der Waals surface area (Å²) in [5, 5.41) is 0. The van der Waals surface area contributed by atoms with E-state index in [4.69, 9.17) is 0 Å². The van der Waals surface area contributed by atoms with Crippen molar-refractivity contribution in [1.29, 1.82) is 0 Å². The van der Waals surface area contributed by atoms with Gasteiger partial charge in [0, 0.05) is 24.2 Å². The quantitative estimate of drug-likeness (QED) is 0.134. The Hall–Kier alpha value is -3.23. The Balaban J connectivity index is 3.46. The van der Waals surface area contributed by atoms with E-state index in [2.05, 4.69) is 4.98 Å². The Morgan fingerprint density at radius 3 is 0.650 bits per heavy atom. The molecule has 0 radical (unpaired) electrons. The van der Waals surface area contributed by atoms with Crippen LogP contribution in [-0.2, 0) is 12.8 Å². The number of aromatic nitrogens is 1. The summed E-state index contributed by atoms with van der Waals surface area (Å²) in [4.78, 5) is 2.76. The van der Waals surface area contributed by atoms with E-state index >= 15 is 0 Å². The summed E-state index contributed by atoms with van der Waals surface area (Å²) in [5.74, 6) is -119. The van der Waals surface area contributed by atoms with Crippen molar-refractivity contribution < 1.29 is 149 Å². The van der Waals surface area contributed by atoms with E-state index in [1.807, 2.05) is 0 Å². The molecule has 1 aromatic rings. The lowest BCUT2D eigenvalue weighted by atomic mass is 9.87. The molecule has 1 rings (SSSR count). The maximum absolute atomic E-state index is 14.2.